The number of hydrogen-bond acceptors (Lipinski definition) is 3. The maximum atomic E-state index is 12.5. The molecule has 1 aromatic heterocycles. The van der Waals surface area contributed by atoms with Gasteiger partial charge in [0, 0.05) is 19.9 Å². The number of ketones is 1. The topological polar surface area (TPSA) is 44.1 Å². The van der Waals surface area contributed by atoms with Crippen LogP contribution in [0.3, 0.4) is 0 Å². The van der Waals surface area contributed by atoms with Gasteiger partial charge >= 0.3 is 0 Å². The van der Waals surface area contributed by atoms with Crippen molar-refractivity contribution in [3.63, 3.8) is 0 Å². The maximum absolute atomic E-state index is 12.5. The molecule has 1 unspecified atom stereocenters. The second kappa shape index (κ2) is 6.29. The second-order valence-electron chi connectivity index (χ2n) is 4.33. The van der Waals surface area contributed by atoms with Gasteiger partial charge in [-0.05, 0) is 18.1 Å². The zero-order chi connectivity index (χ0) is 13.7. The van der Waals surface area contributed by atoms with Gasteiger partial charge in [-0.2, -0.15) is 5.10 Å². The van der Waals surface area contributed by atoms with E-state index in [-0.39, 0.29) is 5.78 Å². The highest BCUT2D eigenvalue weighted by atomic mass is 16.5. The van der Waals surface area contributed by atoms with Crippen LogP contribution in [-0.2, 0) is 11.3 Å². The fourth-order valence-corrected chi connectivity index (χ4v) is 2.09. The Morgan fingerprint density at radius 1 is 1.32 bits per heavy atom. The molecule has 0 saturated carbocycles. The van der Waals surface area contributed by atoms with Gasteiger partial charge in [0.1, 0.15) is 11.8 Å². The van der Waals surface area contributed by atoms with Gasteiger partial charge in [0.25, 0.3) is 0 Å². The van der Waals surface area contributed by atoms with Crippen molar-refractivity contribution >= 4 is 5.78 Å². The first kappa shape index (κ1) is 13.5. The van der Waals surface area contributed by atoms with E-state index >= 15 is 0 Å². The van der Waals surface area contributed by atoms with Gasteiger partial charge in [0.15, 0.2) is 0 Å². The Hall–Kier alpha value is -1.94. The summed E-state index contributed by atoms with van der Waals surface area (Å²) >= 11 is 0. The van der Waals surface area contributed by atoms with E-state index in [1.807, 2.05) is 30.3 Å². The Balaban J connectivity index is 2.28. The zero-order valence-electron chi connectivity index (χ0n) is 11.2. The van der Waals surface area contributed by atoms with Crippen LogP contribution in [0.25, 0.3) is 0 Å². The zero-order valence-corrected chi connectivity index (χ0v) is 11.2. The quantitative estimate of drug-likeness (QED) is 0.748. The minimum atomic E-state index is -0.575. The molecule has 0 radical (unpaired) electrons. The summed E-state index contributed by atoms with van der Waals surface area (Å²) in [5, 5.41) is 4.18. The molecule has 0 fully saturated rings. The van der Waals surface area contributed by atoms with E-state index in [9.17, 15) is 4.79 Å². The lowest BCUT2D eigenvalue weighted by Crippen LogP contribution is -2.19. The average Bonchev–Trinajstić information content (AvgIpc) is 2.89. The van der Waals surface area contributed by atoms with Crippen LogP contribution in [0, 0.1) is 0 Å². The van der Waals surface area contributed by atoms with Crippen LogP contribution >= 0.6 is 0 Å². The number of nitrogens with zero attached hydrogens (tertiary/aromatic N) is 2. The van der Waals surface area contributed by atoms with E-state index in [0.29, 0.717) is 5.69 Å². The summed E-state index contributed by atoms with van der Waals surface area (Å²) in [6, 6.07) is 11.3. The minimum Gasteiger partial charge on any atom is -0.368 e. The van der Waals surface area contributed by atoms with Gasteiger partial charge in [-0.25, -0.2) is 0 Å². The summed E-state index contributed by atoms with van der Waals surface area (Å²) < 4.78 is 7.10. The number of carbonyl (C=O) groups is 1. The number of Topliss-reactive ketones (excluding diaryl/α,β-unsaturated/α-hetero) is 1. The standard InChI is InChI=1S/C15H18N2O2/c1-3-11-17-13(9-10-16-17)14(18)15(19-2)12-7-5-4-6-8-12/h4-10,15H,3,11H2,1-2H3. The third-order valence-corrected chi connectivity index (χ3v) is 2.98. The number of hydrogen-bond donors (Lipinski definition) is 0. The molecule has 100 valence electrons. The van der Waals surface area contributed by atoms with Gasteiger partial charge in [-0.1, -0.05) is 37.3 Å². The van der Waals surface area contributed by atoms with Crippen LogP contribution < -0.4 is 0 Å². The van der Waals surface area contributed by atoms with Crippen LogP contribution in [0.5, 0.6) is 0 Å². The molecule has 1 aromatic carbocycles. The van der Waals surface area contributed by atoms with Crippen molar-refractivity contribution < 1.29 is 9.53 Å². The molecule has 2 aromatic rings. The molecule has 2 rings (SSSR count). The monoisotopic (exact) mass is 258 g/mol. The predicted octanol–water partition coefficient (Wildman–Crippen LogP) is 2.86. The molecule has 1 heterocycles. The molecule has 0 amide bonds. The van der Waals surface area contributed by atoms with Crippen LogP contribution in [0.2, 0.25) is 0 Å². The third-order valence-electron chi connectivity index (χ3n) is 2.98. The van der Waals surface area contributed by atoms with Crippen molar-refractivity contribution in [2.75, 3.05) is 7.11 Å². The summed E-state index contributed by atoms with van der Waals surface area (Å²) in [6.45, 7) is 2.79. The number of ether oxygens (including phenoxy) is 1. The molecule has 0 aliphatic carbocycles. The van der Waals surface area contributed by atoms with E-state index in [0.717, 1.165) is 18.5 Å². The molecule has 4 heteroatoms. The van der Waals surface area contributed by atoms with Gasteiger partial charge in [-0.3, -0.25) is 9.48 Å². The lowest BCUT2D eigenvalue weighted by atomic mass is 10.0. The van der Waals surface area contributed by atoms with Gasteiger partial charge in [-0.15, -0.1) is 0 Å². The van der Waals surface area contributed by atoms with Crippen molar-refractivity contribution in [2.24, 2.45) is 0 Å². The molecule has 0 bridgehead atoms. The Morgan fingerprint density at radius 3 is 2.68 bits per heavy atom. The van der Waals surface area contributed by atoms with Gasteiger partial charge in [0.05, 0.1) is 0 Å². The van der Waals surface area contributed by atoms with Crippen LogP contribution in [0.1, 0.15) is 35.5 Å². The Bertz CT molecular complexity index is 534. The molecule has 19 heavy (non-hydrogen) atoms. The number of rotatable bonds is 6. The summed E-state index contributed by atoms with van der Waals surface area (Å²) in [4.78, 5) is 12.5. The van der Waals surface area contributed by atoms with Crippen molar-refractivity contribution in [1.29, 1.82) is 0 Å². The minimum absolute atomic E-state index is 0.0559. The summed E-state index contributed by atoms with van der Waals surface area (Å²) in [7, 11) is 1.55. The normalized spacial score (nSPS) is 12.3. The number of benzene rings is 1. The summed E-state index contributed by atoms with van der Waals surface area (Å²) in [5.41, 5.74) is 1.46. The van der Waals surface area contributed by atoms with E-state index < -0.39 is 6.10 Å². The molecule has 0 N–H and O–H groups in total. The lowest BCUT2D eigenvalue weighted by molar-refractivity contribution is 0.0593. The molecule has 0 spiro atoms. The van der Waals surface area contributed by atoms with Crippen molar-refractivity contribution in [3.05, 3.63) is 53.9 Å². The first-order valence-corrected chi connectivity index (χ1v) is 6.41. The van der Waals surface area contributed by atoms with Crippen LogP contribution in [0.4, 0.5) is 0 Å². The Kier molecular flexibility index (Phi) is 4.47. The molecular formula is C15H18N2O2. The van der Waals surface area contributed by atoms with Crippen molar-refractivity contribution in [1.82, 2.24) is 9.78 Å². The average molecular weight is 258 g/mol. The fraction of sp³-hybridized carbons (Fsp3) is 0.333. The Labute approximate surface area is 113 Å². The molecule has 0 aliphatic rings. The van der Waals surface area contributed by atoms with E-state index in [1.54, 1.807) is 24.1 Å². The first-order valence-electron chi connectivity index (χ1n) is 6.41. The van der Waals surface area contributed by atoms with Crippen LogP contribution in [0.15, 0.2) is 42.6 Å². The molecule has 0 aliphatic heterocycles. The molecular weight excluding hydrogens is 240 g/mol. The number of methoxy groups -OCH3 is 1. The smallest absolute Gasteiger partial charge is 0.214 e. The van der Waals surface area contributed by atoms with Crippen molar-refractivity contribution in [3.8, 4) is 0 Å². The van der Waals surface area contributed by atoms with E-state index in [2.05, 4.69) is 12.0 Å². The third kappa shape index (κ3) is 2.90. The predicted molar refractivity (Wildman–Crippen MR) is 73.0 cm³/mol. The van der Waals surface area contributed by atoms with Gasteiger partial charge < -0.3 is 4.74 Å². The highest BCUT2D eigenvalue weighted by molar-refractivity contribution is 5.98. The van der Waals surface area contributed by atoms with E-state index in [4.69, 9.17) is 4.74 Å². The summed E-state index contributed by atoms with van der Waals surface area (Å²) in [6.07, 6.45) is 2.01. The number of aromatic nitrogens is 2. The van der Waals surface area contributed by atoms with Crippen molar-refractivity contribution in [2.45, 2.75) is 26.0 Å². The maximum Gasteiger partial charge on any atom is 0.214 e. The highest BCUT2D eigenvalue weighted by Gasteiger charge is 2.24. The molecule has 1 atom stereocenters. The van der Waals surface area contributed by atoms with Gasteiger partial charge in [0.2, 0.25) is 5.78 Å². The van der Waals surface area contributed by atoms with Crippen LogP contribution in [-0.4, -0.2) is 22.7 Å². The number of aryl methyl sites for hydroxylation is 1. The highest BCUT2D eigenvalue weighted by Crippen LogP contribution is 2.21. The SMILES string of the molecule is CCCn1nccc1C(=O)C(OC)c1ccccc1. The molecule has 4 nitrogen and oxygen atoms in total. The fourth-order valence-electron chi connectivity index (χ4n) is 2.09. The number of carbonyl (C=O) groups excluding carboxylic acids is 1. The van der Waals surface area contributed by atoms with E-state index in [1.165, 1.54) is 0 Å². The summed E-state index contributed by atoms with van der Waals surface area (Å²) in [5.74, 6) is -0.0559. The Morgan fingerprint density at radius 2 is 2.05 bits per heavy atom. The second-order valence-corrected chi connectivity index (χ2v) is 4.33. The lowest BCUT2D eigenvalue weighted by Gasteiger charge is -2.15. The molecule has 0 saturated heterocycles. The first-order chi connectivity index (χ1) is 9.27. The largest absolute Gasteiger partial charge is 0.368 e.